The SMILES string of the molecule is CCO[C@H]1C=C2[C@@H](CC[C@H](O)C2(C)C)[C@]2(C)CC[C@]3(C)[C@@H]([C@H](C)CCC=C(C)C)[C@@H](O[C@@H]4O[C@H](CO)[C@@H](O)[C@H](O)[C@H]4O)C[C@@]3(C)[C@H]12. The van der Waals surface area contributed by atoms with Gasteiger partial charge in [0.15, 0.2) is 6.29 Å². The first-order valence-corrected chi connectivity index (χ1v) is 18.1. The summed E-state index contributed by atoms with van der Waals surface area (Å²) in [7, 11) is 0. The van der Waals surface area contributed by atoms with Gasteiger partial charge in [0, 0.05) is 17.9 Å². The summed E-state index contributed by atoms with van der Waals surface area (Å²) in [6.07, 6.45) is 4.08. The highest BCUT2D eigenvalue weighted by Crippen LogP contribution is 2.75. The highest BCUT2D eigenvalue weighted by Gasteiger charge is 2.72. The molecule has 5 N–H and O–H groups in total. The summed E-state index contributed by atoms with van der Waals surface area (Å²) >= 11 is 0. The molecule has 1 saturated heterocycles. The van der Waals surface area contributed by atoms with Gasteiger partial charge in [-0.1, -0.05) is 64.8 Å². The van der Waals surface area contributed by atoms with Crippen LogP contribution in [0.15, 0.2) is 23.3 Å². The summed E-state index contributed by atoms with van der Waals surface area (Å²) in [5, 5.41) is 53.1. The van der Waals surface area contributed by atoms with Crippen LogP contribution in [0.25, 0.3) is 0 Å². The Balaban J connectivity index is 1.58. The summed E-state index contributed by atoms with van der Waals surface area (Å²) in [6.45, 7) is 20.6. The second-order valence-corrected chi connectivity index (χ2v) is 17.2. The number of aliphatic hydroxyl groups is 5. The molecular weight excluding hydrogens is 584 g/mol. The van der Waals surface area contributed by atoms with Gasteiger partial charge in [-0.05, 0) is 99.7 Å². The second kappa shape index (κ2) is 13.1. The minimum atomic E-state index is -1.48. The Kier molecular flexibility index (Phi) is 10.4. The van der Waals surface area contributed by atoms with Gasteiger partial charge in [0.05, 0.1) is 24.9 Å². The number of fused-ring (bicyclic) bond motifs is 5. The van der Waals surface area contributed by atoms with E-state index >= 15 is 0 Å². The molecule has 5 aliphatic rings. The molecule has 264 valence electrons. The number of allylic oxidation sites excluding steroid dienone is 2. The van der Waals surface area contributed by atoms with Gasteiger partial charge in [0.1, 0.15) is 24.4 Å². The first-order chi connectivity index (χ1) is 21.5. The molecule has 0 aromatic heterocycles. The van der Waals surface area contributed by atoms with Gasteiger partial charge in [-0.2, -0.15) is 0 Å². The van der Waals surface area contributed by atoms with Crippen molar-refractivity contribution in [2.75, 3.05) is 13.2 Å². The van der Waals surface area contributed by atoms with E-state index in [1.165, 1.54) is 11.1 Å². The molecule has 15 atom stereocenters. The monoisotopic (exact) mass is 648 g/mol. The first-order valence-electron chi connectivity index (χ1n) is 18.1. The van der Waals surface area contributed by atoms with E-state index in [0.29, 0.717) is 18.4 Å². The van der Waals surface area contributed by atoms with E-state index in [4.69, 9.17) is 14.2 Å². The molecule has 0 radical (unpaired) electrons. The van der Waals surface area contributed by atoms with Gasteiger partial charge in [-0.15, -0.1) is 0 Å². The molecule has 0 unspecified atom stereocenters. The van der Waals surface area contributed by atoms with E-state index in [0.717, 1.165) is 44.9 Å². The van der Waals surface area contributed by atoms with Crippen molar-refractivity contribution in [1.82, 2.24) is 0 Å². The number of ether oxygens (including phenoxy) is 3. The van der Waals surface area contributed by atoms with Crippen molar-refractivity contribution in [1.29, 1.82) is 0 Å². The molecule has 1 heterocycles. The number of rotatable bonds is 9. The van der Waals surface area contributed by atoms with Gasteiger partial charge >= 0.3 is 0 Å². The summed E-state index contributed by atoms with van der Waals surface area (Å²) in [5.74, 6) is 1.05. The molecule has 0 bridgehead atoms. The van der Waals surface area contributed by atoms with Crippen molar-refractivity contribution in [2.45, 2.75) is 156 Å². The lowest BCUT2D eigenvalue weighted by atomic mass is 9.38. The molecule has 46 heavy (non-hydrogen) atoms. The summed E-state index contributed by atoms with van der Waals surface area (Å²) in [4.78, 5) is 0. The maximum Gasteiger partial charge on any atom is 0.186 e. The molecule has 0 amide bonds. The fourth-order valence-electron chi connectivity index (χ4n) is 11.4. The van der Waals surface area contributed by atoms with E-state index in [2.05, 4.69) is 74.5 Å². The van der Waals surface area contributed by atoms with Crippen LogP contribution in [-0.4, -0.2) is 87.8 Å². The van der Waals surface area contributed by atoms with Gasteiger partial charge in [0.2, 0.25) is 0 Å². The molecular formula is C38H64O8. The predicted octanol–water partition coefficient (Wildman–Crippen LogP) is 5.15. The maximum atomic E-state index is 11.1. The zero-order valence-electron chi connectivity index (χ0n) is 29.9. The van der Waals surface area contributed by atoms with Crippen LogP contribution in [0.4, 0.5) is 0 Å². The Bertz CT molecular complexity index is 1150. The van der Waals surface area contributed by atoms with Crippen molar-refractivity contribution in [3.8, 4) is 0 Å². The average Bonchev–Trinajstić information content (AvgIpc) is 3.21. The fraction of sp³-hybridized carbons (Fsp3) is 0.895. The smallest absolute Gasteiger partial charge is 0.186 e. The summed E-state index contributed by atoms with van der Waals surface area (Å²) < 4.78 is 19.4. The molecule has 4 fully saturated rings. The van der Waals surface area contributed by atoms with Crippen LogP contribution in [0.1, 0.15) is 107 Å². The van der Waals surface area contributed by atoms with Crippen LogP contribution in [-0.2, 0) is 14.2 Å². The Morgan fingerprint density at radius 2 is 1.70 bits per heavy atom. The highest BCUT2D eigenvalue weighted by molar-refractivity contribution is 5.33. The molecule has 4 aliphatic carbocycles. The summed E-state index contributed by atoms with van der Waals surface area (Å²) in [6, 6.07) is 0. The second-order valence-electron chi connectivity index (χ2n) is 17.2. The molecule has 8 heteroatoms. The molecule has 0 spiro atoms. The van der Waals surface area contributed by atoms with E-state index in [1.807, 2.05) is 0 Å². The third-order valence-corrected chi connectivity index (χ3v) is 14.1. The van der Waals surface area contributed by atoms with Crippen molar-refractivity contribution in [3.05, 3.63) is 23.3 Å². The van der Waals surface area contributed by atoms with Gasteiger partial charge < -0.3 is 39.7 Å². The fourth-order valence-corrected chi connectivity index (χ4v) is 11.4. The van der Waals surface area contributed by atoms with Crippen LogP contribution in [0.5, 0.6) is 0 Å². The normalized spacial score (nSPS) is 48.9. The minimum Gasteiger partial charge on any atom is -0.394 e. The Hall–Kier alpha value is -0.840. The van der Waals surface area contributed by atoms with E-state index in [1.54, 1.807) is 0 Å². The molecule has 8 nitrogen and oxygen atoms in total. The maximum absolute atomic E-state index is 11.1. The average molecular weight is 649 g/mol. The van der Waals surface area contributed by atoms with Crippen molar-refractivity contribution >= 4 is 0 Å². The Labute approximate surface area is 277 Å². The van der Waals surface area contributed by atoms with Gasteiger partial charge in [-0.25, -0.2) is 0 Å². The van der Waals surface area contributed by atoms with Crippen LogP contribution in [0, 0.1) is 45.3 Å². The first kappa shape index (κ1) is 36.4. The lowest BCUT2D eigenvalue weighted by Gasteiger charge is -2.67. The van der Waals surface area contributed by atoms with Crippen LogP contribution in [0.2, 0.25) is 0 Å². The van der Waals surface area contributed by atoms with Crippen LogP contribution < -0.4 is 0 Å². The predicted molar refractivity (Wildman–Crippen MR) is 178 cm³/mol. The highest BCUT2D eigenvalue weighted by atomic mass is 16.7. The lowest BCUT2D eigenvalue weighted by Crippen LogP contribution is -2.63. The van der Waals surface area contributed by atoms with Gasteiger partial charge in [0.25, 0.3) is 0 Å². The third kappa shape index (κ3) is 5.69. The van der Waals surface area contributed by atoms with E-state index < -0.39 is 37.3 Å². The quantitative estimate of drug-likeness (QED) is 0.217. The van der Waals surface area contributed by atoms with Gasteiger partial charge in [-0.3, -0.25) is 0 Å². The Morgan fingerprint density at radius 3 is 2.33 bits per heavy atom. The third-order valence-electron chi connectivity index (χ3n) is 14.1. The number of hydrogen-bond acceptors (Lipinski definition) is 8. The number of aliphatic hydroxyl groups excluding tert-OH is 5. The van der Waals surface area contributed by atoms with E-state index in [9.17, 15) is 25.5 Å². The topological polar surface area (TPSA) is 129 Å². The number of hydrogen-bond donors (Lipinski definition) is 5. The molecule has 1 aliphatic heterocycles. The standard InChI is InChI=1S/C38H64O8/c1-10-44-25-18-24-23(14-15-28(40)35(24,5)6)36(7)16-17-37(8)29(22(4)13-11-12-21(2)3)26(19-38(37,9)33(25)36)45-34-32(43)31(42)30(41)27(20-39)46-34/h12,18,22-23,25-34,39-43H,10-11,13-17,19-20H2,1-9H3/t22-,23-,25+,26+,27-,28+,29+,30-,31+,32-,33-,34-,36+,37-,38+/m1/s1. The van der Waals surface area contributed by atoms with Crippen molar-refractivity contribution in [3.63, 3.8) is 0 Å². The zero-order valence-corrected chi connectivity index (χ0v) is 29.9. The van der Waals surface area contributed by atoms with Crippen molar-refractivity contribution in [2.24, 2.45) is 45.3 Å². The zero-order chi connectivity index (χ0) is 34.0. The lowest BCUT2D eigenvalue weighted by molar-refractivity contribution is -0.315. The Morgan fingerprint density at radius 1 is 1.00 bits per heavy atom. The molecule has 0 aromatic carbocycles. The van der Waals surface area contributed by atoms with E-state index in [-0.39, 0.29) is 51.8 Å². The largest absolute Gasteiger partial charge is 0.394 e. The molecule has 5 rings (SSSR count). The summed E-state index contributed by atoms with van der Waals surface area (Å²) in [5.41, 5.74) is 2.04. The van der Waals surface area contributed by atoms with Crippen molar-refractivity contribution < 1.29 is 39.7 Å². The minimum absolute atomic E-state index is 0.0243. The molecule has 0 aromatic rings. The van der Waals surface area contributed by atoms with Crippen LogP contribution >= 0.6 is 0 Å². The van der Waals surface area contributed by atoms with Crippen LogP contribution in [0.3, 0.4) is 0 Å². The molecule has 3 saturated carbocycles.